The molecule has 13 nitrogen and oxygen atoms in total. The van der Waals surface area contributed by atoms with E-state index >= 15 is 0 Å². The number of carboxylic acids is 1. The number of carboxylic acid groups (broad SMARTS) is 1. The van der Waals surface area contributed by atoms with Gasteiger partial charge in [-0.15, -0.1) is 0 Å². The number of carbonyl (C=O) groups is 3. The van der Waals surface area contributed by atoms with Gasteiger partial charge in [-0.1, -0.05) is 0 Å². The van der Waals surface area contributed by atoms with E-state index in [4.69, 9.17) is 25.1 Å². The number of nitrogens with two attached hydrogens (primary N) is 1. The predicted octanol–water partition coefficient (Wildman–Crippen LogP) is -2.93. The molecule has 1 aromatic heterocycles. The van der Waals surface area contributed by atoms with Crippen molar-refractivity contribution in [2.45, 2.75) is 50.5 Å². The van der Waals surface area contributed by atoms with Crippen LogP contribution in [0.4, 0.5) is 0 Å². The quantitative estimate of drug-likeness (QED) is 0.356. The van der Waals surface area contributed by atoms with E-state index in [1.165, 1.54) is 0 Å². The molecular weight excluding hydrogens is 382 g/mol. The Labute approximate surface area is 156 Å². The van der Waals surface area contributed by atoms with Gasteiger partial charge in [0.25, 0.3) is 5.56 Å². The van der Waals surface area contributed by atoms with Crippen LogP contribution in [-0.4, -0.2) is 68.1 Å². The largest absolute Gasteiger partial charge is 0.480 e. The van der Waals surface area contributed by atoms with Gasteiger partial charge in [0.15, 0.2) is 18.4 Å². The van der Waals surface area contributed by atoms with Crippen molar-refractivity contribution in [1.82, 2.24) is 9.55 Å². The van der Waals surface area contributed by atoms with Crippen molar-refractivity contribution < 1.29 is 38.8 Å². The fourth-order valence-electron chi connectivity index (χ4n) is 2.78. The number of hydrogen-bond donors (Lipinski definition) is 4. The molecule has 1 saturated heterocycles. The van der Waals surface area contributed by atoms with Crippen molar-refractivity contribution in [3.63, 3.8) is 0 Å². The molecule has 0 aliphatic carbocycles. The number of carbonyl (C=O) groups excluding carboxylic acids is 2. The summed E-state index contributed by atoms with van der Waals surface area (Å²) in [5, 5.41) is 19.3. The van der Waals surface area contributed by atoms with Gasteiger partial charge >= 0.3 is 23.6 Å². The van der Waals surface area contributed by atoms with E-state index in [1.807, 2.05) is 4.98 Å². The van der Waals surface area contributed by atoms with Crippen LogP contribution in [0.15, 0.2) is 21.9 Å². The molecule has 1 aliphatic heterocycles. The lowest BCUT2D eigenvalue weighted by Gasteiger charge is -2.26. The van der Waals surface area contributed by atoms with Crippen LogP contribution in [0.5, 0.6) is 0 Å². The molecule has 6 atom stereocenters. The first-order valence-corrected chi connectivity index (χ1v) is 8.00. The summed E-state index contributed by atoms with van der Waals surface area (Å²) in [5.74, 6) is -3.24. The van der Waals surface area contributed by atoms with Crippen LogP contribution in [0, 0.1) is 0 Å². The number of rotatable bonds is 6. The molecule has 1 fully saturated rings. The molecular formula is C15H19N3O10. The standard InChI is InChI=1S/C15H19N3O10/c1-5(19)26-11-10(9(22)8(16)14(23)24)28-13(12(11)27-6(2)20)18-4-3-7(21)17-15(18)25/h3-4,8-13,22H,16H2,1-2H3,(H,23,24)(H,17,21,25)/t8-,9-,10+,11-,12-,13-/m1/s1. The first kappa shape index (κ1) is 21.3. The molecule has 2 heterocycles. The minimum Gasteiger partial charge on any atom is -0.480 e. The lowest BCUT2D eigenvalue weighted by molar-refractivity contribution is -0.167. The number of ether oxygens (including phenoxy) is 3. The molecule has 5 N–H and O–H groups in total. The van der Waals surface area contributed by atoms with E-state index in [2.05, 4.69) is 0 Å². The topological polar surface area (TPSA) is 200 Å². The molecule has 0 radical (unpaired) electrons. The molecule has 13 heteroatoms. The van der Waals surface area contributed by atoms with Crippen molar-refractivity contribution in [2.75, 3.05) is 0 Å². The smallest absolute Gasteiger partial charge is 0.330 e. The lowest BCUT2D eigenvalue weighted by Crippen LogP contribution is -2.53. The van der Waals surface area contributed by atoms with E-state index in [9.17, 15) is 29.1 Å². The Balaban J connectivity index is 2.52. The normalized spacial score (nSPS) is 26.3. The molecule has 0 unspecified atom stereocenters. The van der Waals surface area contributed by atoms with Gasteiger partial charge in [-0.25, -0.2) is 4.79 Å². The van der Waals surface area contributed by atoms with Crippen LogP contribution < -0.4 is 17.0 Å². The summed E-state index contributed by atoms with van der Waals surface area (Å²) in [6.45, 7) is 2.08. The van der Waals surface area contributed by atoms with E-state index in [0.717, 1.165) is 30.7 Å². The fourth-order valence-corrected chi connectivity index (χ4v) is 2.78. The monoisotopic (exact) mass is 401 g/mol. The molecule has 0 spiro atoms. The molecule has 28 heavy (non-hydrogen) atoms. The summed E-state index contributed by atoms with van der Waals surface area (Å²) >= 11 is 0. The third-order valence-corrected chi connectivity index (χ3v) is 3.94. The Morgan fingerprint density at radius 3 is 2.29 bits per heavy atom. The van der Waals surface area contributed by atoms with Crippen molar-refractivity contribution in [2.24, 2.45) is 5.73 Å². The zero-order valence-electron chi connectivity index (χ0n) is 14.8. The molecule has 1 aromatic rings. The molecule has 0 aromatic carbocycles. The maximum Gasteiger partial charge on any atom is 0.330 e. The van der Waals surface area contributed by atoms with Gasteiger partial charge in [0.05, 0.1) is 0 Å². The highest BCUT2D eigenvalue weighted by Gasteiger charge is 2.54. The number of nitrogens with zero attached hydrogens (tertiary/aromatic N) is 1. The highest BCUT2D eigenvalue weighted by atomic mass is 16.6. The van der Waals surface area contributed by atoms with Gasteiger partial charge in [0.2, 0.25) is 0 Å². The minimum atomic E-state index is -1.89. The molecule has 0 amide bonds. The molecule has 154 valence electrons. The lowest BCUT2D eigenvalue weighted by atomic mass is 9.99. The number of H-pyrrole nitrogens is 1. The highest BCUT2D eigenvalue weighted by molar-refractivity contribution is 5.74. The SMILES string of the molecule is CC(=O)O[C@H]1[C@@H](OC(C)=O)[C@H](n2ccc(=O)[nH]c2=O)O[C@H]1[C@H](O)[C@@H](N)C(=O)O. The number of nitrogens with one attached hydrogen (secondary N) is 1. The van der Waals surface area contributed by atoms with Crippen LogP contribution >= 0.6 is 0 Å². The summed E-state index contributed by atoms with van der Waals surface area (Å²) in [7, 11) is 0. The Morgan fingerprint density at radius 2 is 1.79 bits per heavy atom. The summed E-state index contributed by atoms with van der Waals surface area (Å²) in [6.07, 6.45) is -6.76. The summed E-state index contributed by atoms with van der Waals surface area (Å²) < 4.78 is 16.5. The highest BCUT2D eigenvalue weighted by Crippen LogP contribution is 2.35. The maximum atomic E-state index is 12.1. The number of aromatic nitrogens is 2. The first-order chi connectivity index (χ1) is 13.0. The van der Waals surface area contributed by atoms with E-state index in [1.54, 1.807) is 0 Å². The molecule has 1 aliphatic rings. The van der Waals surface area contributed by atoms with Crippen LogP contribution in [0.25, 0.3) is 0 Å². The molecule has 2 rings (SSSR count). The van der Waals surface area contributed by atoms with Crippen LogP contribution in [0.3, 0.4) is 0 Å². The first-order valence-electron chi connectivity index (χ1n) is 8.00. The molecule has 0 saturated carbocycles. The number of aromatic amines is 1. The zero-order valence-corrected chi connectivity index (χ0v) is 14.8. The van der Waals surface area contributed by atoms with E-state index in [0.29, 0.717) is 0 Å². The van der Waals surface area contributed by atoms with Crippen LogP contribution in [0.2, 0.25) is 0 Å². The van der Waals surface area contributed by atoms with Crippen molar-refractivity contribution >= 4 is 17.9 Å². The average molecular weight is 401 g/mol. The van der Waals surface area contributed by atoms with E-state index in [-0.39, 0.29) is 0 Å². The van der Waals surface area contributed by atoms with Crippen molar-refractivity contribution in [1.29, 1.82) is 0 Å². The van der Waals surface area contributed by atoms with E-state index < -0.39 is 65.8 Å². The summed E-state index contributed by atoms with van der Waals surface area (Å²) in [5.41, 5.74) is 3.78. The predicted molar refractivity (Wildman–Crippen MR) is 88.0 cm³/mol. The second kappa shape index (κ2) is 8.33. The van der Waals surface area contributed by atoms with Crippen molar-refractivity contribution in [3.05, 3.63) is 33.1 Å². The third-order valence-electron chi connectivity index (χ3n) is 3.94. The Hall–Kier alpha value is -3.03. The second-order valence-electron chi connectivity index (χ2n) is 6.01. The maximum absolute atomic E-state index is 12.1. The summed E-state index contributed by atoms with van der Waals surface area (Å²) in [4.78, 5) is 59.5. The van der Waals surface area contributed by atoms with Gasteiger partial charge in [-0.05, 0) is 0 Å². The number of hydrogen-bond acceptors (Lipinski definition) is 10. The fraction of sp³-hybridized carbons (Fsp3) is 0.533. The van der Waals surface area contributed by atoms with Gasteiger partial charge in [-0.2, -0.15) is 0 Å². The van der Waals surface area contributed by atoms with Gasteiger partial charge < -0.3 is 30.2 Å². The number of aliphatic hydroxyl groups excluding tert-OH is 1. The number of aliphatic hydroxyl groups is 1. The number of esters is 2. The van der Waals surface area contributed by atoms with Gasteiger partial charge in [0, 0.05) is 26.1 Å². The minimum absolute atomic E-state index is 0.704. The summed E-state index contributed by atoms with van der Waals surface area (Å²) in [6, 6.07) is -0.838. The number of aliphatic carboxylic acids is 1. The zero-order chi connectivity index (χ0) is 21.2. The van der Waals surface area contributed by atoms with Crippen molar-refractivity contribution in [3.8, 4) is 0 Å². The van der Waals surface area contributed by atoms with Crippen LogP contribution in [0.1, 0.15) is 20.1 Å². The van der Waals surface area contributed by atoms with Gasteiger partial charge in [-0.3, -0.25) is 28.7 Å². The Bertz CT molecular complexity index is 877. The molecule has 0 bridgehead atoms. The van der Waals surface area contributed by atoms with Gasteiger partial charge in [0.1, 0.15) is 18.2 Å². The third kappa shape index (κ3) is 4.44. The average Bonchev–Trinajstić information content (AvgIpc) is 2.90. The van der Waals surface area contributed by atoms with Crippen LogP contribution in [-0.2, 0) is 28.6 Å². The Kier molecular flexibility index (Phi) is 6.33. The Morgan fingerprint density at radius 1 is 1.21 bits per heavy atom. The second-order valence-corrected chi connectivity index (χ2v) is 6.01.